The maximum Gasteiger partial charge on any atom is 0.217 e. The highest BCUT2D eigenvalue weighted by Gasteiger charge is 2.28. The molecule has 0 saturated heterocycles. The Morgan fingerprint density at radius 1 is 0.947 bits per heavy atom. The quantitative estimate of drug-likeness (QED) is 0.478. The lowest BCUT2D eigenvalue weighted by Crippen LogP contribution is -2.53. The van der Waals surface area contributed by atoms with Crippen LogP contribution in [0.25, 0.3) is 0 Å². The minimum atomic E-state index is -0.839. The third-order valence-corrected chi connectivity index (χ3v) is 3.56. The largest absolute Gasteiger partial charge is 0.394 e. The standard InChI is InChI=1S/C15H31NO3/c1-3-4-5-6-7-8-9-10-11-15(12-17,13-18)16-14(2)19/h17-18H,3-13H2,1-2H3,(H,16,19). The van der Waals surface area contributed by atoms with Gasteiger partial charge in [-0.3, -0.25) is 4.79 Å². The predicted molar refractivity (Wildman–Crippen MR) is 77.9 cm³/mol. The van der Waals surface area contributed by atoms with Gasteiger partial charge >= 0.3 is 0 Å². The van der Waals surface area contributed by atoms with Crippen LogP contribution in [0.2, 0.25) is 0 Å². The molecule has 0 aliphatic carbocycles. The van der Waals surface area contributed by atoms with E-state index >= 15 is 0 Å². The summed E-state index contributed by atoms with van der Waals surface area (Å²) in [5, 5.41) is 21.4. The highest BCUT2D eigenvalue weighted by Crippen LogP contribution is 2.16. The van der Waals surface area contributed by atoms with Gasteiger partial charge in [-0.05, 0) is 6.42 Å². The van der Waals surface area contributed by atoms with E-state index in [-0.39, 0.29) is 19.1 Å². The monoisotopic (exact) mass is 273 g/mol. The third-order valence-electron chi connectivity index (χ3n) is 3.56. The maximum atomic E-state index is 11.1. The normalized spacial score (nSPS) is 11.6. The molecule has 114 valence electrons. The number of unbranched alkanes of at least 4 members (excludes halogenated alkanes) is 7. The molecule has 0 saturated carbocycles. The van der Waals surface area contributed by atoms with Gasteiger partial charge in [0.2, 0.25) is 5.91 Å². The molecule has 0 radical (unpaired) electrons. The third kappa shape index (κ3) is 9.00. The van der Waals surface area contributed by atoms with Crippen LogP contribution in [0.3, 0.4) is 0 Å². The minimum Gasteiger partial charge on any atom is -0.394 e. The molecule has 0 bridgehead atoms. The van der Waals surface area contributed by atoms with E-state index in [1.54, 1.807) is 0 Å². The molecule has 0 aliphatic rings. The number of rotatable bonds is 12. The molecular weight excluding hydrogens is 242 g/mol. The fraction of sp³-hybridized carbons (Fsp3) is 0.933. The topological polar surface area (TPSA) is 69.6 Å². The molecule has 4 nitrogen and oxygen atoms in total. The molecule has 0 spiro atoms. The number of aliphatic hydroxyl groups is 2. The van der Waals surface area contributed by atoms with Gasteiger partial charge in [0.25, 0.3) is 0 Å². The van der Waals surface area contributed by atoms with Crippen molar-refractivity contribution < 1.29 is 15.0 Å². The highest BCUT2D eigenvalue weighted by molar-refractivity contribution is 5.73. The molecule has 1 amide bonds. The van der Waals surface area contributed by atoms with E-state index in [9.17, 15) is 15.0 Å². The second-order valence-electron chi connectivity index (χ2n) is 5.50. The summed E-state index contributed by atoms with van der Waals surface area (Å²) in [5.74, 6) is -0.206. The molecule has 0 heterocycles. The van der Waals surface area contributed by atoms with Crippen LogP contribution in [0.4, 0.5) is 0 Å². The maximum absolute atomic E-state index is 11.1. The van der Waals surface area contributed by atoms with Crippen LogP contribution in [-0.4, -0.2) is 34.9 Å². The Morgan fingerprint density at radius 2 is 1.42 bits per heavy atom. The predicted octanol–water partition coefficient (Wildman–Crippen LogP) is 2.38. The molecule has 0 aromatic carbocycles. The van der Waals surface area contributed by atoms with E-state index in [0.717, 1.165) is 12.8 Å². The van der Waals surface area contributed by atoms with Crippen molar-refractivity contribution in [3.05, 3.63) is 0 Å². The van der Waals surface area contributed by atoms with Crippen molar-refractivity contribution >= 4 is 5.91 Å². The van der Waals surface area contributed by atoms with E-state index in [1.165, 1.54) is 45.4 Å². The zero-order chi connectivity index (χ0) is 14.6. The highest BCUT2D eigenvalue weighted by atomic mass is 16.3. The molecule has 0 aromatic rings. The van der Waals surface area contributed by atoms with Gasteiger partial charge in [0.1, 0.15) is 0 Å². The Bertz CT molecular complexity index is 227. The Hall–Kier alpha value is -0.610. The fourth-order valence-corrected chi connectivity index (χ4v) is 2.32. The molecule has 0 aromatic heterocycles. The summed E-state index contributed by atoms with van der Waals surface area (Å²) in [6.07, 6.45) is 10.3. The van der Waals surface area contributed by atoms with Crippen LogP contribution >= 0.6 is 0 Å². The molecule has 0 fully saturated rings. The van der Waals surface area contributed by atoms with Crippen LogP contribution in [0.15, 0.2) is 0 Å². The van der Waals surface area contributed by atoms with Crippen molar-refractivity contribution in [1.82, 2.24) is 5.32 Å². The second kappa shape index (κ2) is 11.2. The van der Waals surface area contributed by atoms with Crippen molar-refractivity contribution in [1.29, 1.82) is 0 Å². The Kier molecular flexibility index (Phi) is 10.9. The van der Waals surface area contributed by atoms with E-state index in [2.05, 4.69) is 12.2 Å². The average Bonchev–Trinajstić information content (AvgIpc) is 2.40. The second-order valence-corrected chi connectivity index (χ2v) is 5.50. The van der Waals surface area contributed by atoms with E-state index < -0.39 is 5.54 Å². The van der Waals surface area contributed by atoms with Crippen LogP contribution in [0.5, 0.6) is 0 Å². The van der Waals surface area contributed by atoms with Crippen molar-refractivity contribution in [2.75, 3.05) is 13.2 Å². The van der Waals surface area contributed by atoms with Gasteiger partial charge < -0.3 is 15.5 Å². The minimum absolute atomic E-state index is 0.206. The molecule has 0 atom stereocenters. The summed E-state index contributed by atoms with van der Waals surface area (Å²) in [6.45, 7) is 3.21. The van der Waals surface area contributed by atoms with Gasteiger partial charge in [0.15, 0.2) is 0 Å². The molecule has 0 rings (SSSR count). The number of amides is 1. The summed E-state index contributed by atoms with van der Waals surface area (Å²) in [4.78, 5) is 11.1. The fourth-order valence-electron chi connectivity index (χ4n) is 2.32. The Balaban J connectivity index is 3.73. The Morgan fingerprint density at radius 3 is 1.84 bits per heavy atom. The van der Waals surface area contributed by atoms with Crippen molar-refractivity contribution in [2.45, 2.75) is 77.2 Å². The van der Waals surface area contributed by atoms with Gasteiger partial charge in [-0.2, -0.15) is 0 Å². The summed E-state index contributed by atoms with van der Waals surface area (Å²) >= 11 is 0. The summed E-state index contributed by atoms with van der Waals surface area (Å²) in [7, 11) is 0. The first kappa shape index (κ1) is 18.4. The van der Waals surface area contributed by atoms with Gasteiger partial charge in [-0.25, -0.2) is 0 Å². The smallest absolute Gasteiger partial charge is 0.217 e. The number of carbonyl (C=O) groups is 1. The van der Waals surface area contributed by atoms with E-state index in [1.807, 2.05) is 0 Å². The number of hydrogen-bond acceptors (Lipinski definition) is 3. The van der Waals surface area contributed by atoms with Gasteiger partial charge in [-0.15, -0.1) is 0 Å². The van der Waals surface area contributed by atoms with Gasteiger partial charge in [-0.1, -0.05) is 58.3 Å². The SMILES string of the molecule is CCCCCCCCCCC(CO)(CO)NC(C)=O. The van der Waals surface area contributed by atoms with Gasteiger partial charge in [0.05, 0.1) is 18.8 Å². The molecule has 0 unspecified atom stereocenters. The van der Waals surface area contributed by atoms with Crippen LogP contribution < -0.4 is 5.32 Å². The lowest BCUT2D eigenvalue weighted by Gasteiger charge is -2.30. The lowest BCUT2D eigenvalue weighted by molar-refractivity contribution is -0.122. The number of carbonyl (C=O) groups excluding carboxylic acids is 1. The summed E-state index contributed by atoms with van der Waals surface area (Å²) < 4.78 is 0. The summed E-state index contributed by atoms with van der Waals surface area (Å²) in [5.41, 5.74) is -0.839. The first-order chi connectivity index (χ1) is 9.10. The van der Waals surface area contributed by atoms with Crippen molar-refractivity contribution in [2.24, 2.45) is 0 Å². The van der Waals surface area contributed by atoms with Crippen LogP contribution in [0.1, 0.15) is 71.6 Å². The zero-order valence-corrected chi connectivity index (χ0v) is 12.6. The lowest BCUT2D eigenvalue weighted by atomic mass is 9.93. The molecule has 3 N–H and O–H groups in total. The first-order valence-electron chi connectivity index (χ1n) is 7.60. The first-order valence-corrected chi connectivity index (χ1v) is 7.60. The van der Waals surface area contributed by atoms with Crippen molar-refractivity contribution in [3.63, 3.8) is 0 Å². The van der Waals surface area contributed by atoms with Crippen LogP contribution in [-0.2, 0) is 4.79 Å². The molecule has 4 heteroatoms. The number of nitrogens with one attached hydrogen (secondary N) is 1. The van der Waals surface area contributed by atoms with E-state index in [4.69, 9.17) is 0 Å². The number of hydrogen-bond donors (Lipinski definition) is 3. The number of aliphatic hydroxyl groups excluding tert-OH is 2. The molecule has 19 heavy (non-hydrogen) atoms. The zero-order valence-electron chi connectivity index (χ0n) is 12.6. The van der Waals surface area contributed by atoms with Crippen LogP contribution in [0, 0.1) is 0 Å². The molecular formula is C15H31NO3. The summed E-state index contributed by atoms with van der Waals surface area (Å²) in [6, 6.07) is 0. The Labute approximate surface area is 117 Å². The average molecular weight is 273 g/mol. The van der Waals surface area contributed by atoms with E-state index in [0.29, 0.717) is 6.42 Å². The van der Waals surface area contributed by atoms with Crippen molar-refractivity contribution in [3.8, 4) is 0 Å². The van der Waals surface area contributed by atoms with Gasteiger partial charge in [0, 0.05) is 6.92 Å². The molecule has 0 aliphatic heterocycles.